The quantitative estimate of drug-likeness (QED) is 0.219. The third-order valence-corrected chi connectivity index (χ3v) is 6.13. The van der Waals surface area contributed by atoms with Gasteiger partial charge in [0.1, 0.15) is 24.7 Å². The maximum Gasteiger partial charge on any atom is 0.293 e. The molecule has 1 fully saturated rings. The maximum absolute atomic E-state index is 12.8. The highest BCUT2D eigenvalue weighted by atomic mass is 32.2. The Morgan fingerprint density at radius 1 is 0.971 bits per heavy atom. The molecule has 3 aromatic carbocycles. The van der Waals surface area contributed by atoms with Crippen LogP contribution >= 0.6 is 11.8 Å². The van der Waals surface area contributed by atoms with E-state index in [1.165, 1.54) is 17.0 Å². The molecule has 0 spiro atoms. The molecule has 4 rings (SSSR count). The highest BCUT2D eigenvalue weighted by molar-refractivity contribution is 8.18. The summed E-state index contributed by atoms with van der Waals surface area (Å²) in [6, 6.07) is 20.8. The van der Waals surface area contributed by atoms with Crippen LogP contribution in [-0.2, 0) is 11.4 Å². The Labute approximate surface area is 206 Å². The Morgan fingerprint density at radius 2 is 1.69 bits per heavy atom. The fourth-order valence-corrected chi connectivity index (χ4v) is 4.19. The number of rotatable bonds is 9. The van der Waals surface area contributed by atoms with E-state index < -0.39 is 4.92 Å². The molecule has 0 unspecified atom stereocenters. The summed E-state index contributed by atoms with van der Waals surface area (Å²) in [5.74, 6) is 0.829. The van der Waals surface area contributed by atoms with Crippen LogP contribution in [-0.4, -0.2) is 34.1 Å². The fraction of sp³-hybridized carbons (Fsp3) is 0.154. The Bertz CT molecular complexity index is 1270. The van der Waals surface area contributed by atoms with E-state index in [2.05, 4.69) is 0 Å². The molecule has 8 nitrogen and oxygen atoms in total. The van der Waals surface area contributed by atoms with Gasteiger partial charge in [-0.15, -0.1) is 0 Å². The monoisotopic (exact) mass is 490 g/mol. The van der Waals surface area contributed by atoms with E-state index in [-0.39, 0.29) is 36.6 Å². The second-order valence-electron chi connectivity index (χ2n) is 7.74. The highest BCUT2D eigenvalue weighted by Crippen LogP contribution is 2.34. The van der Waals surface area contributed by atoms with Gasteiger partial charge >= 0.3 is 0 Å². The molecule has 1 heterocycles. The lowest BCUT2D eigenvalue weighted by atomic mass is 10.1. The van der Waals surface area contributed by atoms with E-state index in [1.54, 1.807) is 36.4 Å². The minimum Gasteiger partial charge on any atom is -0.492 e. The molecule has 2 amide bonds. The topological polar surface area (TPSA) is 99.0 Å². The van der Waals surface area contributed by atoms with Gasteiger partial charge in [0.15, 0.2) is 0 Å². The maximum atomic E-state index is 12.8. The molecule has 0 atom stereocenters. The van der Waals surface area contributed by atoms with Crippen LogP contribution in [0.15, 0.2) is 77.7 Å². The summed E-state index contributed by atoms with van der Waals surface area (Å²) in [6.07, 6.45) is 1.64. The van der Waals surface area contributed by atoms with Crippen molar-refractivity contribution in [3.63, 3.8) is 0 Å². The number of carbonyl (C=O) groups excluding carboxylic acids is 2. The molecule has 35 heavy (non-hydrogen) atoms. The van der Waals surface area contributed by atoms with E-state index in [4.69, 9.17) is 9.47 Å². The number of aryl methyl sites for hydroxylation is 1. The number of para-hydroxylation sites is 1. The Kier molecular flexibility index (Phi) is 7.47. The van der Waals surface area contributed by atoms with Crippen LogP contribution in [0.4, 0.5) is 10.5 Å². The third kappa shape index (κ3) is 6.07. The smallest absolute Gasteiger partial charge is 0.293 e. The van der Waals surface area contributed by atoms with Crippen LogP contribution in [0.5, 0.6) is 11.5 Å². The normalized spacial score (nSPS) is 14.4. The van der Waals surface area contributed by atoms with E-state index >= 15 is 0 Å². The fourth-order valence-electron chi connectivity index (χ4n) is 3.33. The summed E-state index contributed by atoms with van der Waals surface area (Å²) < 4.78 is 11.5. The van der Waals surface area contributed by atoms with Gasteiger partial charge in [-0.3, -0.25) is 24.6 Å². The number of nitro groups is 1. The van der Waals surface area contributed by atoms with E-state index in [0.29, 0.717) is 22.0 Å². The number of benzene rings is 3. The molecule has 3 aromatic rings. The van der Waals surface area contributed by atoms with Crippen molar-refractivity contribution < 1.29 is 24.0 Å². The number of hydrogen-bond donors (Lipinski definition) is 0. The molecular weight excluding hydrogens is 468 g/mol. The van der Waals surface area contributed by atoms with Gasteiger partial charge in [-0.2, -0.15) is 0 Å². The third-order valence-electron chi connectivity index (χ3n) is 5.23. The zero-order valence-corrected chi connectivity index (χ0v) is 19.7. The van der Waals surface area contributed by atoms with E-state index in [1.807, 2.05) is 37.3 Å². The first-order valence-electron chi connectivity index (χ1n) is 10.8. The molecule has 0 saturated carbocycles. The zero-order chi connectivity index (χ0) is 24.8. The standard InChI is InChI=1S/C26H22N2O6S/c1-18-6-12-22(13-7-18)33-15-14-27-25(29)24(35-26(27)30)16-20-4-2-3-5-23(20)34-17-19-8-10-21(11-9-19)28(31)32/h2-13,16H,14-15,17H2,1H3/b24-16-. The summed E-state index contributed by atoms with van der Waals surface area (Å²) in [7, 11) is 0. The lowest BCUT2D eigenvalue weighted by Crippen LogP contribution is -2.32. The Hall–Kier alpha value is -4.11. The highest BCUT2D eigenvalue weighted by Gasteiger charge is 2.35. The molecule has 9 heteroatoms. The Balaban J connectivity index is 1.39. The first kappa shape index (κ1) is 24.0. The van der Waals surface area contributed by atoms with Crippen LogP contribution in [0.25, 0.3) is 6.08 Å². The van der Waals surface area contributed by atoms with Gasteiger partial charge in [-0.1, -0.05) is 35.9 Å². The van der Waals surface area contributed by atoms with E-state index in [0.717, 1.165) is 22.9 Å². The Morgan fingerprint density at radius 3 is 2.40 bits per heavy atom. The largest absolute Gasteiger partial charge is 0.492 e. The molecule has 0 N–H and O–H groups in total. The second-order valence-corrected chi connectivity index (χ2v) is 8.74. The van der Waals surface area contributed by atoms with Gasteiger partial charge in [-0.25, -0.2) is 0 Å². The van der Waals surface area contributed by atoms with Crippen molar-refractivity contribution in [2.24, 2.45) is 0 Å². The summed E-state index contributed by atoms with van der Waals surface area (Å²) in [4.78, 5) is 37.1. The number of nitro benzene ring substituents is 1. The van der Waals surface area contributed by atoms with Crippen molar-refractivity contribution in [1.29, 1.82) is 0 Å². The molecule has 1 aliphatic rings. The van der Waals surface area contributed by atoms with Crippen LogP contribution < -0.4 is 9.47 Å². The second kappa shape index (κ2) is 10.9. The molecular formula is C26H22N2O6S. The van der Waals surface area contributed by atoms with Crippen LogP contribution in [0, 0.1) is 17.0 Å². The van der Waals surface area contributed by atoms with Gasteiger partial charge in [0.25, 0.3) is 16.8 Å². The first-order valence-corrected chi connectivity index (χ1v) is 11.6. The molecule has 178 valence electrons. The molecule has 1 saturated heterocycles. The number of thioether (sulfide) groups is 1. The summed E-state index contributed by atoms with van der Waals surface area (Å²) in [6.45, 7) is 2.52. The minimum absolute atomic E-state index is 0.00846. The number of ether oxygens (including phenoxy) is 2. The SMILES string of the molecule is Cc1ccc(OCCN2C(=O)S/C(=C\c3ccccc3OCc3ccc([N+](=O)[O-])cc3)C2=O)cc1. The number of amides is 2. The first-order chi connectivity index (χ1) is 16.9. The summed E-state index contributed by atoms with van der Waals surface area (Å²) >= 11 is 0.876. The number of imide groups is 1. The van der Waals surface area contributed by atoms with Crippen molar-refractivity contribution in [3.05, 3.63) is 105 Å². The van der Waals surface area contributed by atoms with Crippen LogP contribution in [0.1, 0.15) is 16.7 Å². The molecule has 0 aliphatic carbocycles. The average Bonchev–Trinajstić information content (AvgIpc) is 3.12. The number of carbonyl (C=O) groups is 2. The molecule has 0 bridgehead atoms. The van der Waals surface area contributed by atoms with Crippen molar-refractivity contribution in [2.45, 2.75) is 13.5 Å². The predicted molar refractivity (Wildman–Crippen MR) is 133 cm³/mol. The van der Waals surface area contributed by atoms with Gasteiger partial charge in [0.05, 0.1) is 16.4 Å². The number of non-ortho nitro benzene ring substituents is 1. The number of hydrogen-bond acceptors (Lipinski definition) is 7. The van der Waals surface area contributed by atoms with Crippen molar-refractivity contribution in [3.8, 4) is 11.5 Å². The average molecular weight is 491 g/mol. The minimum atomic E-state index is -0.457. The van der Waals surface area contributed by atoms with Crippen LogP contribution in [0.2, 0.25) is 0 Å². The van der Waals surface area contributed by atoms with Crippen molar-refractivity contribution in [1.82, 2.24) is 4.90 Å². The van der Waals surface area contributed by atoms with Gasteiger partial charge in [0.2, 0.25) is 0 Å². The van der Waals surface area contributed by atoms with Crippen molar-refractivity contribution in [2.75, 3.05) is 13.2 Å². The van der Waals surface area contributed by atoms with Crippen molar-refractivity contribution >= 4 is 34.7 Å². The molecule has 0 radical (unpaired) electrons. The summed E-state index contributed by atoms with van der Waals surface area (Å²) in [5.41, 5.74) is 2.54. The van der Waals surface area contributed by atoms with Gasteiger partial charge in [0, 0.05) is 17.7 Å². The molecule has 1 aliphatic heterocycles. The predicted octanol–water partition coefficient (Wildman–Crippen LogP) is 5.60. The lowest BCUT2D eigenvalue weighted by molar-refractivity contribution is -0.384. The molecule has 0 aromatic heterocycles. The number of nitrogens with zero attached hydrogens (tertiary/aromatic N) is 2. The lowest BCUT2D eigenvalue weighted by Gasteiger charge is -2.13. The summed E-state index contributed by atoms with van der Waals surface area (Å²) in [5, 5.41) is 10.5. The van der Waals surface area contributed by atoms with E-state index in [9.17, 15) is 19.7 Å². The van der Waals surface area contributed by atoms with Gasteiger partial charge < -0.3 is 9.47 Å². The van der Waals surface area contributed by atoms with Gasteiger partial charge in [-0.05, 0) is 60.7 Å². The van der Waals surface area contributed by atoms with Crippen LogP contribution in [0.3, 0.4) is 0 Å². The zero-order valence-electron chi connectivity index (χ0n) is 18.9.